The lowest BCUT2D eigenvalue weighted by Gasteiger charge is -2.25. The molecular weight excluding hydrogens is 208 g/mol. The van der Waals surface area contributed by atoms with Crippen molar-refractivity contribution in [3.05, 3.63) is 35.4 Å². The topological polar surface area (TPSA) is 24.1 Å². The number of piperidine rings is 1. The smallest absolute Gasteiger partial charge is 0.0292 e. The molecule has 0 spiro atoms. The summed E-state index contributed by atoms with van der Waals surface area (Å²) in [6.07, 6.45) is 4.02. The number of nitrogens with one attached hydrogen (secondary N) is 2. The van der Waals surface area contributed by atoms with E-state index < -0.39 is 0 Å². The Morgan fingerprint density at radius 1 is 1.41 bits per heavy atom. The van der Waals surface area contributed by atoms with Crippen LogP contribution in [0.15, 0.2) is 24.3 Å². The van der Waals surface area contributed by atoms with Crippen LogP contribution in [-0.4, -0.2) is 19.1 Å². The molecule has 2 rings (SSSR count). The van der Waals surface area contributed by atoms with Crippen LogP contribution in [-0.2, 0) is 0 Å². The average molecular weight is 232 g/mol. The first-order valence-electron chi connectivity index (χ1n) is 6.79. The van der Waals surface area contributed by atoms with Gasteiger partial charge in [0.15, 0.2) is 0 Å². The minimum absolute atomic E-state index is 0.443. The molecule has 94 valence electrons. The van der Waals surface area contributed by atoms with Gasteiger partial charge < -0.3 is 10.6 Å². The van der Waals surface area contributed by atoms with E-state index in [1.807, 2.05) is 0 Å². The summed E-state index contributed by atoms with van der Waals surface area (Å²) in [4.78, 5) is 0. The highest BCUT2D eigenvalue weighted by atomic mass is 15.0. The third-order valence-corrected chi connectivity index (χ3v) is 3.62. The van der Waals surface area contributed by atoms with Crippen LogP contribution < -0.4 is 10.6 Å². The number of rotatable bonds is 4. The van der Waals surface area contributed by atoms with Gasteiger partial charge in [0.05, 0.1) is 0 Å². The molecule has 1 aromatic carbocycles. The van der Waals surface area contributed by atoms with Crippen LogP contribution >= 0.6 is 0 Å². The van der Waals surface area contributed by atoms with Crippen molar-refractivity contribution in [1.29, 1.82) is 0 Å². The predicted octanol–water partition coefficient (Wildman–Crippen LogP) is 2.79. The molecule has 0 aliphatic carbocycles. The summed E-state index contributed by atoms with van der Waals surface area (Å²) in [7, 11) is 0. The van der Waals surface area contributed by atoms with Crippen LogP contribution in [0.5, 0.6) is 0 Å². The first-order chi connectivity index (χ1) is 8.25. The highest BCUT2D eigenvalue weighted by Crippen LogP contribution is 2.14. The van der Waals surface area contributed by atoms with E-state index in [9.17, 15) is 0 Å². The Morgan fingerprint density at radius 2 is 2.29 bits per heavy atom. The van der Waals surface area contributed by atoms with Crippen molar-refractivity contribution in [1.82, 2.24) is 10.6 Å². The van der Waals surface area contributed by atoms with Crippen LogP contribution in [0.4, 0.5) is 0 Å². The summed E-state index contributed by atoms with van der Waals surface area (Å²) < 4.78 is 0. The van der Waals surface area contributed by atoms with Gasteiger partial charge in [-0.2, -0.15) is 0 Å². The largest absolute Gasteiger partial charge is 0.313 e. The van der Waals surface area contributed by atoms with Gasteiger partial charge >= 0.3 is 0 Å². The fraction of sp³-hybridized carbons (Fsp3) is 0.600. The molecule has 2 heteroatoms. The van der Waals surface area contributed by atoms with Gasteiger partial charge in [-0.3, -0.25) is 0 Å². The van der Waals surface area contributed by atoms with E-state index >= 15 is 0 Å². The van der Waals surface area contributed by atoms with Gasteiger partial charge in [0.2, 0.25) is 0 Å². The van der Waals surface area contributed by atoms with Crippen molar-refractivity contribution in [3.8, 4) is 0 Å². The number of aryl methyl sites for hydroxylation is 1. The van der Waals surface area contributed by atoms with Gasteiger partial charge in [-0.05, 0) is 38.8 Å². The number of benzene rings is 1. The van der Waals surface area contributed by atoms with Crippen LogP contribution in [0.2, 0.25) is 0 Å². The maximum absolute atomic E-state index is 3.63. The van der Waals surface area contributed by atoms with E-state index in [0.29, 0.717) is 12.1 Å². The standard InChI is InChI=1S/C15H24N2/c1-12-6-5-7-14(10-12)13(2)17-11-15-8-3-4-9-16-15/h5-7,10,13,15-17H,3-4,8-9,11H2,1-2H3/t13-,15?/m1/s1. The third-order valence-electron chi connectivity index (χ3n) is 3.62. The van der Waals surface area contributed by atoms with Crippen molar-refractivity contribution in [2.75, 3.05) is 13.1 Å². The molecule has 2 atom stereocenters. The second kappa shape index (κ2) is 6.18. The summed E-state index contributed by atoms with van der Waals surface area (Å²) in [5.74, 6) is 0. The Labute approximate surface area is 105 Å². The lowest BCUT2D eigenvalue weighted by Crippen LogP contribution is -2.42. The zero-order valence-corrected chi connectivity index (χ0v) is 11.0. The van der Waals surface area contributed by atoms with Crippen molar-refractivity contribution in [2.24, 2.45) is 0 Å². The summed E-state index contributed by atoms with van der Waals surface area (Å²) in [6.45, 7) is 6.66. The molecule has 2 N–H and O–H groups in total. The average Bonchev–Trinajstić information content (AvgIpc) is 2.37. The Kier molecular flexibility index (Phi) is 4.57. The molecule has 2 nitrogen and oxygen atoms in total. The van der Waals surface area contributed by atoms with Gasteiger partial charge in [-0.1, -0.05) is 36.2 Å². The van der Waals surface area contributed by atoms with E-state index in [4.69, 9.17) is 0 Å². The van der Waals surface area contributed by atoms with Gasteiger partial charge in [-0.25, -0.2) is 0 Å². The zero-order chi connectivity index (χ0) is 12.1. The van der Waals surface area contributed by atoms with Gasteiger partial charge in [0.25, 0.3) is 0 Å². The number of hydrogen-bond acceptors (Lipinski definition) is 2. The molecule has 0 radical (unpaired) electrons. The van der Waals surface area contributed by atoms with Gasteiger partial charge in [0, 0.05) is 18.6 Å². The molecule has 1 aliphatic rings. The van der Waals surface area contributed by atoms with E-state index in [-0.39, 0.29) is 0 Å². The molecule has 1 fully saturated rings. The highest BCUT2D eigenvalue weighted by molar-refractivity contribution is 5.24. The first-order valence-corrected chi connectivity index (χ1v) is 6.79. The molecule has 0 aromatic heterocycles. The Morgan fingerprint density at radius 3 is 3.00 bits per heavy atom. The summed E-state index contributed by atoms with van der Waals surface area (Å²) >= 11 is 0. The summed E-state index contributed by atoms with van der Waals surface area (Å²) in [5, 5.41) is 7.21. The fourth-order valence-electron chi connectivity index (χ4n) is 2.47. The molecule has 1 unspecified atom stereocenters. The lowest BCUT2D eigenvalue weighted by atomic mass is 10.0. The molecule has 0 bridgehead atoms. The van der Waals surface area contributed by atoms with Crippen LogP contribution in [0, 0.1) is 6.92 Å². The minimum atomic E-state index is 0.443. The molecule has 1 aliphatic heterocycles. The fourth-order valence-corrected chi connectivity index (χ4v) is 2.47. The monoisotopic (exact) mass is 232 g/mol. The second-order valence-electron chi connectivity index (χ2n) is 5.19. The van der Waals surface area contributed by atoms with Crippen molar-refractivity contribution >= 4 is 0 Å². The lowest BCUT2D eigenvalue weighted by molar-refractivity contribution is 0.371. The first kappa shape index (κ1) is 12.6. The second-order valence-corrected chi connectivity index (χ2v) is 5.19. The van der Waals surface area contributed by atoms with E-state index in [1.54, 1.807) is 0 Å². The molecule has 1 aromatic rings. The van der Waals surface area contributed by atoms with E-state index in [1.165, 1.54) is 36.9 Å². The molecule has 17 heavy (non-hydrogen) atoms. The third kappa shape index (κ3) is 3.83. The molecule has 1 saturated heterocycles. The molecule has 1 heterocycles. The van der Waals surface area contributed by atoms with Crippen molar-refractivity contribution < 1.29 is 0 Å². The van der Waals surface area contributed by atoms with Crippen LogP contribution in [0.25, 0.3) is 0 Å². The van der Waals surface area contributed by atoms with E-state index in [0.717, 1.165) is 6.54 Å². The predicted molar refractivity (Wildman–Crippen MR) is 73.2 cm³/mol. The highest BCUT2D eigenvalue weighted by Gasteiger charge is 2.13. The SMILES string of the molecule is Cc1cccc([C@@H](C)NCC2CCCCN2)c1. The van der Waals surface area contributed by atoms with Crippen molar-refractivity contribution in [3.63, 3.8) is 0 Å². The Bertz CT molecular complexity index is 343. The quantitative estimate of drug-likeness (QED) is 0.834. The summed E-state index contributed by atoms with van der Waals surface area (Å²) in [5.41, 5.74) is 2.73. The van der Waals surface area contributed by atoms with Crippen LogP contribution in [0.3, 0.4) is 0 Å². The minimum Gasteiger partial charge on any atom is -0.313 e. The molecule has 0 saturated carbocycles. The Hall–Kier alpha value is -0.860. The summed E-state index contributed by atoms with van der Waals surface area (Å²) in [6, 6.07) is 9.88. The molecule has 0 amide bonds. The van der Waals surface area contributed by atoms with Crippen LogP contribution in [0.1, 0.15) is 43.4 Å². The van der Waals surface area contributed by atoms with Gasteiger partial charge in [0.1, 0.15) is 0 Å². The van der Waals surface area contributed by atoms with Crippen molar-refractivity contribution in [2.45, 2.75) is 45.2 Å². The van der Waals surface area contributed by atoms with E-state index in [2.05, 4.69) is 48.7 Å². The zero-order valence-electron chi connectivity index (χ0n) is 11.0. The molecular formula is C15H24N2. The number of hydrogen-bond donors (Lipinski definition) is 2. The Balaban J connectivity index is 1.82. The van der Waals surface area contributed by atoms with Gasteiger partial charge in [-0.15, -0.1) is 0 Å². The maximum Gasteiger partial charge on any atom is 0.0292 e. The maximum atomic E-state index is 3.63. The normalized spacial score (nSPS) is 22.4.